The zero-order chi connectivity index (χ0) is 21.7. The summed E-state index contributed by atoms with van der Waals surface area (Å²) < 4.78 is 27.6. The van der Waals surface area contributed by atoms with E-state index in [9.17, 15) is 13.6 Å². The molecular formula is C22H19Cl2F2N3O. The lowest BCUT2D eigenvalue weighted by Crippen LogP contribution is -2.36. The van der Waals surface area contributed by atoms with Gasteiger partial charge in [0.1, 0.15) is 11.6 Å². The number of hydrogen-bond donors (Lipinski definition) is 1. The molecule has 0 aliphatic rings. The van der Waals surface area contributed by atoms with E-state index >= 15 is 0 Å². The highest BCUT2D eigenvalue weighted by molar-refractivity contribution is 6.42. The second-order valence-corrected chi connectivity index (χ2v) is 7.47. The van der Waals surface area contributed by atoms with Crippen LogP contribution in [0.4, 0.5) is 8.78 Å². The van der Waals surface area contributed by atoms with Crippen molar-refractivity contribution in [1.82, 2.24) is 9.88 Å². The number of carbonyl (C=O) groups is 1. The highest BCUT2D eigenvalue weighted by Crippen LogP contribution is 2.36. The molecule has 4 nitrogen and oxygen atoms in total. The van der Waals surface area contributed by atoms with Gasteiger partial charge in [-0.05, 0) is 48.4 Å². The van der Waals surface area contributed by atoms with Gasteiger partial charge in [-0.3, -0.25) is 9.78 Å². The van der Waals surface area contributed by atoms with Crippen LogP contribution in [0.15, 0.2) is 60.9 Å². The van der Waals surface area contributed by atoms with Crippen LogP contribution in [-0.4, -0.2) is 22.3 Å². The Labute approximate surface area is 183 Å². The van der Waals surface area contributed by atoms with Crippen molar-refractivity contribution in [2.24, 2.45) is 5.73 Å². The van der Waals surface area contributed by atoms with Gasteiger partial charge < -0.3 is 10.6 Å². The third kappa shape index (κ3) is 5.14. The standard InChI is InChI=1S/C22H19Cl2F2N3O/c23-19-5-1-4-18(21(19)24)20(6-7-27)29(13-14-3-2-8-28-12-14)22(30)15-9-16(25)11-17(26)10-15/h1-5,8-12,20H,6-7,13,27H2/t20-/m0/s1. The summed E-state index contributed by atoms with van der Waals surface area (Å²) in [4.78, 5) is 19.0. The molecule has 1 atom stereocenters. The van der Waals surface area contributed by atoms with Crippen molar-refractivity contribution in [3.63, 3.8) is 0 Å². The van der Waals surface area contributed by atoms with Gasteiger partial charge in [0.25, 0.3) is 5.91 Å². The van der Waals surface area contributed by atoms with E-state index in [0.717, 1.165) is 17.7 Å². The number of pyridine rings is 1. The van der Waals surface area contributed by atoms with E-state index in [1.165, 1.54) is 4.90 Å². The molecule has 8 heteroatoms. The smallest absolute Gasteiger partial charge is 0.254 e. The van der Waals surface area contributed by atoms with Crippen LogP contribution in [0.2, 0.25) is 10.0 Å². The number of amides is 1. The van der Waals surface area contributed by atoms with Gasteiger partial charge in [0.15, 0.2) is 0 Å². The molecule has 156 valence electrons. The molecule has 0 aliphatic carbocycles. The summed E-state index contributed by atoms with van der Waals surface area (Å²) in [5.41, 5.74) is 7.05. The molecular weight excluding hydrogens is 431 g/mol. The van der Waals surface area contributed by atoms with Crippen molar-refractivity contribution in [3.05, 3.63) is 99.3 Å². The molecule has 1 amide bonds. The first kappa shape index (κ1) is 22.2. The number of rotatable bonds is 7. The Hall–Kier alpha value is -2.54. The first-order chi connectivity index (χ1) is 14.4. The van der Waals surface area contributed by atoms with Crippen molar-refractivity contribution >= 4 is 29.1 Å². The minimum Gasteiger partial charge on any atom is -0.330 e. The summed E-state index contributed by atoms with van der Waals surface area (Å²) in [6.07, 6.45) is 3.60. The van der Waals surface area contributed by atoms with E-state index < -0.39 is 23.6 Å². The van der Waals surface area contributed by atoms with Crippen LogP contribution >= 0.6 is 23.2 Å². The van der Waals surface area contributed by atoms with E-state index in [4.69, 9.17) is 28.9 Å². The summed E-state index contributed by atoms with van der Waals surface area (Å²) in [6.45, 7) is 0.389. The molecule has 0 radical (unpaired) electrons. The molecule has 0 spiro atoms. The predicted octanol–water partition coefficient (Wildman–Crippen LogP) is 5.40. The molecule has 0 fully saturated rings. The van der Waals surface area contributed by atoms with Crippen LogP contribution in [0.3, 0.4) is 0 Å². The third-order valence-corrected chi connectivity index (χ3v) is 5.44. The van der Waals surface area contributed by atoms with Crippen LogP contribution in [0, 0.1) is 11.6 Å². The van der Waals surface area contributed by atoms with Gasteiger partial charge in [-0.1, -0.05) is 41.4 Å². The Morgan fingerprint density at radius 1 is 1.10 bits per heavy atom. The zero-order valence-electron chi connectivity index (χ0n) is 15.9. The van der Waals surface area contributed by atoms with Gasteiger partial charge in [-0.15, -0.1) is 0 Å². The van der Waals surface area contributed by atoms with Crippen LogP contribution in [0.1, 0.15) is 33.9 Å². The second-order valence-electron chi connectivity index (χ2n) is 6.69. The number of aromatic nitrogens is 1. The van der Waals surface area contributed by atoms with E-state index in [0.29, 0.717) is 28.1 Å². The maximum atomic E-state index is 13.8. The van der Waals surface area contributed by atoms with Crippen LogP contribution in [-0.2, 0) is 6.54 Å². The predicted molar refractivity (Wildman–Crippen MR) is 113 cm³/mol. The minimum atomic E-state index is -0.837. The summed E-state index contributed by atoms with van der Waals surface area (Å²) in [5, 5.41) is 0.633. The number of carbonyl (C=O) groups excluding carboxylic acids is 1. The van der Waals surface area contributed by atoms with Crippen molar-refractivity contribution in [2.75, 3.05) is 6.54 Å². The van der Waals surface area contributed by atoms with Gasteiger partial charge >= 0.3 is 0 Å². The lowest BCUT2D eigenvalue weighted by atomic mass is 9.99. The Morgan fingerprint density at radius 3 is 2.47 bits per heavy atom. The van der Waals surface area contributed by atoms with E-state index in [-0.39, 0.29) is 18.7 Å². The maximum Gasteiger partial charge on any atom is 0.254 e. The molecule has 0 saturated carbocycles. The molecule has 3 aromatic rings. The number of halogens is 4. The minimum absolute atomic E-state index is 0.114. The van der Waals surface area contributed by atoms with E-state index in [2.05, 4.69) is 4.98 Å². The number of benzene rings is 2. The summed E-state index contributed by atoms with van der Waals surface area (Å²) in [5.74, 6) is -2.24. The zero-order valence-corrected chi connectivity index (χ0v) is 17.4. The Kier molecular flexibility index (Phi) is 7.37. The summed E-state index contributed by atoms with van der Waals surface area (Å²) in [6, 6.07) is 10.8. The van der Waals surface area contributed by atoms with Crippen molar-refractivity contribution in [1.29, 1.82) is 0 Å². The van der Waals surface area contributed by atoms with Crippen LogP contribution in [0.5, 0.6) is 0 Å². The molecule has 1 heterocycles. The molecule has 0 unspecified atom stereocenters. The monoisotopic (exact) mass is 449 g/mol. The molecule has 3 rings (SSSR count). The summed E-state index contributed by atoms with van der Waals surface area (Å²) in [7, 11) is 0. The topological polar surface area (TPSA) is 59.2 Å². The molecule has 30 heavy (non-hydrogen) atoms. The first-order valence-corrected chi connectivity index (χ1v) is 9.96. The average Bonchev–Trinajstić information content (AvgIpc) is 2.72. The lowest BCUT2D eigenvalue weighted by molar-refractivity contribution is 0.0649. The number of hydrogen-bond acceptors (Lipinski definition) is 3. The SMILES string of the molecule is NCC[C@@H](c1cccc(Cl)c1Cl)N(Cc1cccnc1)C(=O)c1cc(F)cc(F)c1. The molecule has 2 aromatic carbocycles. The number of nitrogens with two attached hydrogens (primary N) is 1. The fourth-order valence-electron chi connectivity index (χ4n) is 3.27. The van der Waals surface area contributed by atoms with E-state index in [1.807, 2.05) is 0 Å². The van der Waals surface area contributed by atoms with Crippen molar-refractivity contribution in [3.8, 4) is 0 Å². The Bertz CT molecular complexity index is 1010. The van der Waals surface area contributed by atoms with Crippen LogP contribution in [0.25, 0.3) is 0 Å². The van der Waals surface area contributed by atoms with Gasteiger partial charge in [-0.2, -0.15) is 0 Å². The molecule has 0 saturated heterocycles. The lowest BCUT2D eigenvalue weighted by Gasteiger charge is -2.33. The fourth-order valence-corrected chi connectivity index (χ4v) is 3.70. The molecule has 2 N–H and O–H groups in total. The van der Waals surface area contributed by atoms with Gasteiger partial charge in [-0.25, -0.2) is 8.78 Å². The summed E-state index contributed by atoms with van der Waals surface area (Å²) >= 11 is 12.6. The van der Waals surface area contributed by atoms with Gasteiger partial charge in [0, 0.05) is 30.6 Å². The average molecular weight is 450 g/mol. The molecule has 1 aromatic heterocycles. The quantitative estimate of drug-likeness (QED) is 0.525. The van der Waals surface area contributed by atoms with E-state index in [1.54, 1.807) is 42.7 Å². The first-order valence-electron chi connectivity index (χ1n) is 9.20. The highest BCUT2D eigenvalue weighted by Gasteiger charge is 2.28. The number of nitrogens with zero attached hydrogens (tertiary/aromatic N) is 2. The maximum absolute atomic E-state index is 13.8. The second kappa shape index (κ2) is 9.98. The van der Waals surface area contributed by atoms with Crippen molar-refractivity contribution in [2.45, 2.75) is 19.0 Å². The normalized spacial score (nSPS) is 11.9. The fraction of sp³-hybridized carbons (Fsp3) is 0.182. The van der Waals surface area contributed by atoms with Gasteiger partial charge in [0.2, 0.25) is 0 Å². The van der Waals surface area contributed by atoms with Crippen molar-refractivity contribution < 1.29 is 13.6 Å². The third-order valence-electron chi connectivity index (χ3n) is 4.60. The molecule has 0 bridgehead atoms. The van der Waals surface area contributed by atoms with Crippen LogP contribution < -0.4 is 5.73 Å². The van der Waals surface area contributed by atoms with Gasteiger partial charge in [0.05, 0.1) is 16.1 Å². The molecule has 0 aliphatic heterocycles. The Morgan fingerprint density at radius 2 is 1.83 bits per heavy atom. The Balaban J connectivity index is 2.10. The highest BCUT2D eigenvalue weighted by atomic mass is 35.5. The largest absolute Gasteiger partial charge is 0.330 e.